The molecule has 0 aliphatic heterocycles. The van der Waals surface area contributed by atoms with Gasteiger partial charge in [-0.05, 0) is 54.1 Å². The Balaban J connectivity index is 1.59. The van der Waals surface area contributed by atoms with Gasteiger partial charge in [-0.2, -0.15) is 0 Å². The van der Waals surface area contributed by atoms with Gasteiger partial charge in [0.05, 0.1) is 6.04 Å². The molecule has 1 unspecified atom stereocenters. The lowest BCUT2D eigenvalue weighted by atomic mass is 10.1. The zero-order chi connectivity index (χ0) is 24.6. The first-order chi connectivity index (χ1) is 16.2. The molecule has 0 saturated heterocycles. The molecule has 0 aromatic heterocycles. The van der Waals surface area contributed by atoms with E-state index in [1.165, 1.54) is 12.1 Å². The minimum Gasteiger partial charge on any atom is -0.406 e. The second-order valence-electron chi connectivity index (χ2n) is 6.98. The highest BCUT2D eigenvalue weighted by Crippen LogP contribution is 2.24. The van der Waals surface area contributed by atoms with Crippen LogP contribution in [0.15, 0.2) is 78.9 Å². The van der Waals surface area contributed by atoms with Crippen molar-refractivity contribution in [1.29, 1.82) is 0 Å². The molecule has 0 radical (unpaired) electrons. The number of carbonyl (C=O) groups is 2. The maximum absolute atomic E-state index is 12.4. The molecule has 3 aromatic carbocycles. The third kappa shape index (κ3) is 7.98. The number of alkyl halides is 3. The van der Waals surface area contributed by atoms with Gasteiger partial charge >= 0.3 is 12.4 Å². The fourth-order valence-electron chi connectivity index (χ4n) is 2.89. The van der Waals surface area contributed by atoms with Gasteiger partial charge in [-0.1, -0.05) is 41.9 Å². The van der Waals surface area contributed by atoms with Crippen molar-refractivity contribution < 1.29 is 27.5 Å². The number of ether oxygens (including phenoxy) is 1. The van der Waals surface area contributed by atoms with Crippen LogP contribution in [0.2, 0.25) is 5.02 Å². The number of anilines is 1. The molecule has 11 heteroatoms. The number of hydrazine groups is 1. The summed E-state index contributed by atoms with van der Waals surface area (Å²) in [5.74, 6) is -0.694. The quantitative estimate of drug-likeness (QED) is 0.332. The lowest BCUT2D eigenvalue weighted by Gasteiger charge is -2.21. The summed E-state index contributed by atoms with van der Waals surface area (Å²) >= 11 is 5.95. The Morgan fingerprint density at radius 1 is 0.912 bits per heavy atom. The Morgan fingerprint density at radius 2 is 1.56 bits per heavy atom. The van der Waals surface area contributed by atoms with Crippen molar-refractivity contribution in [3.63, 3.8) is 0 Å². The predicted molar refractivity (Wildman–Crippen MR) is 121 cm³/mol. The highest BCUT2D eigenvalue weighted by Gasteiger charge is 2.31. The molecule has 3 rings (SSSR count). The first-order valence-electron chi connectivity index (χ1n) is 9.96. The Hall–Kier alpha value is -3.76. The third-order valence-electron chi connectivity index (χ3n) is 4.48. The number of urea groups is 1. The van der Waals surface area contributed by atoms with Gasteiger partial charge in [-0.25, -0.2) is 10.2 Å². The topological polar surface area (TPSA) is 91.5 Å². The van der Waals surface area contributed by atoms with Gasteiger partial charge < -0.3 is 15.4 Å². The smallest absolute Gasteiger partial charge is 0.406 e. The minimum atomic E-state index is -4.80. The molecule has 0 aliphatic rings. The monoisotopic (exact) mass is 492 g/mol. The van der Waals surface area contributed by atoms with Crippen molar-refractivity contribution >= 4 is 29.2 Å². The fraction of sp³-hybridized carbons (Fsp3) is 0.130. The van der Waals surface area contributed by atoms with Crippen molar-refractivity contribution in [3.05, 3.63) is 95.0 Å². The molecule has 3 aromatic rings. The second kappa shape index (κ2) is 11.4. The van der Waals surface area contributed by atoms with Crippen LogP contribution in [0.25, 0.3) is 0 Å². The van der Waals surface area contributed by atoms with Crippen LogP contribution < -0.4 is 26.2 Å². The zero-order valence-electron chi connectivity index (χ0n) is 17.5. The van der Waals surface area contributed by atoms with Crippen LogP contribution in [-0.2, 0) is 0 Å². The summed E-state index contributed by atoms with van der Waals surface area (Å²) in [5, 5.41) is 5.81. The Morgan fingerprint density at radius 3 is 2.18 bits per heavy atom. The largest absolute Gasteiger partial charge is 0.573 e. The molecule has 7 nitrogen and oxygen atoms in total. The second-order valence-corrected chi connectivity index (χ2v) is 7.41. The van der Waals surface area contributed by atoms with Gasteiger partial charge in [-0.15, -0.1) is 13.2 Å². The van der Waals surface area contributed by atoms with Gasteiger partial charge in [0.25, 0.3) is 5.91 Å². The van der Waals surface area contributed by atoms with Crippen LogP contribution in [0.1, 0.15) is 22.0 Å². The van der Waals surface area contributed by atoms with Crippen LogP contribution in [0, 0.1) is 0 Å². The number of carbonyl (C=O) groups excluding carboxylic acids is 2. The van der Waals surface area contributed by atoms with Crippen molar-refractivity contribution in [2.75, 3.05) is 11.9 Å². The van der Waals surface area contributed by atoms with E-state index in [4.69, 9.17) is 11.6 Å². The van der Waals surface area contributed by atoms with Gasteiger partial charge in [0.1, 0.15) is 5.75 Å². The molecule has 0 heterocycles. The van der Waals surface area contributed by atoms with Crippen LogP contribution in [0.3, 0.4) is 0 Å². The maximum Gasteiger partial charge on any atom is 0.573 e. The van der Waals surface area contributed by atoms with E-state index < -0.39 is 24.2 Å². The number of nitrogens with one attached hydrogen (secondary N) is 4. The van der Waals surface area contributed by atoms with Gasteiger partial charge in [0.2, 0.25) is 0 Å². The Labute approximate surface area is 198 Å². The molecule has 0 fully saturated rings. The standard InChI is InChI=1S/C23H20ClF3N4O3/c24-17-8-6-15(7-9-17)20(14-28-21(32)16-4-2-1-3-5-16)30-31-22(33)29-18-10-12-19(13-11-18)34-23(25,26)27/h1-13,20,30H,14H2,(H,28,32)(H2,29,31,33). The summed E-state index contributed by atoms with van der Waals surface area (Å²) in [5.41, 5.74) is 6.77. The highest BCUT2D eigenvalue weighted by atomic mass is 35.5. The molecular weight excluding hydrogens is 473 g/mol. The summed E-state index contributed by atoms with van der Waals surface area (Å²) < 4.78 is 40.6. The summed E-state index contributed by atoms with van der Waals surface area (Å²) in [6.45, 7) is 0.138. The van der Waals surface area contributed by atoms with Gasteiger partial charge in [-0.3, -0.25) is 10.2 Å². The molecule has 0 spiro atoms. The lowest BCUT2D eigenvalue weighted by molar-refractivity contribution is -0.274. The van der Waals surface area contributed by atoms with Gasteiger partial charge in [0.15, 0.2) is 0 Å². The number of benzene rings is 3. The normalized spacial score (nSPS) is 11.9. The third-order valence-corrected chi connectivity index (χ3v) is 4.73. The van der Waals surface area contributed by atoms with E-state index in [0.717, 1.165) is 17.7 Å². The molecule has 34 heavy (non-hydrogen) atoms. The number of hydrogen-bond donors (Lipinski definition) is 4. The summed E-state index contributed by atoms with van der Waals surface area (Å²) in [6, 6.07) is 19.0. The molecule has 1 atom stereocenters. The van der Waals surface area contributed by atoms with E-state index in [0.29, 0.717) is 10.6 Å². The minimum absolute atomic E-state index is 0.138. The first-order valence-corrected chi connectivity index (χ1v) is 10.3. The van der Waals surface area contributed by atoms with E-state index in [1.807, 2.05) is 0 Å². The average Bonchev–Trinajstić information content (AvgIpc) is 2.80. The molecular formula is C23H20ClF3N4O3. The van der Waals surface area contributed by atoms with E-state index in [-0.39, 0.29) is 18.1 Å². The molecule has 0 bridgehead atoms. The fourth-order valence-corrected chi connectivity index (χ4v) is 3.01. The van der Waals surface area contributed by atoms with E-state index in [1.54, 1.807) is 54.6 Å². The number of hydrogen-bond acceptors (Lipinski definition) is 4. The van der Waals surface area contributed by atoms with Crippen LogP contribution >= 0.6 is 11.6 Å². The number of amides is 3. The number of rotatable bonds is 8. The maximum atomic E-state index is 12.4. The molecule has 0 aliphatic carbocycles. The van der Waals surface area contributed by atoms with Crippen molar-refractivity contribution in [1.82, 2.24) is 16.2 Å². The number of halogens is 4. The molecule has 178 valence electrons. The SMILES string of the molecule is O=C(NNC(CNC(=O)c1ccccc1)c1ccc(Cl)cc1)Nc1ccc(OC(F)(F)F)cc1. The zero-order valence-corrected chi connectivity index (χ0v) is 18.3. The van der Waals surface area contributed by atoms with Crippen LogP contribution in [0.4, 0.5) is 23.7 Å². The van der Waals surface area contributed by atoms with E-state index in [9.17, 15) is 22.8 Å². The van der Waals surface area contributed by atoms with Crippen molar-refractivity contribution in [3.8, 4) is 5.75 Å². The summed E-state index contributed by atoms with van der Waals surface area (Å²) in [6.07, 6.45) is -4.80. The molecule has 0 saturated carbocycles. The predicted octanol–water partition coefficient (Wildman–Crippen LogP) is 5.04. The molecule has 3 amide bonds. The Bertz CT molecular complexity index is 1100. The average molecular weight is 493 g/mol. The van der Waals surface area contributed by atoms with E-state index in [2.05, 4.69) is 26.2 Å². The first kappa shape index (κ1) is 24.9. The van der Waals surface area contributed by atoms with Crippen molar-refractivity contribution in [2.45, 2.75) is 12.4 Å². The van der Waals surface area contributed by atoms with Crippen molar-refractivity contribution in [2.24, 2.45) is 0 Å². The highest BCUT2D eigenvalue weighted by molar-refractivity contribution is 6.30. The van der Waals surface area contributed by atoms with Gasteiger partial charge in [0, 0.05) is 22.8 Å². The van der Waals surface area contributed by atoms with Crippen LogP contribution in [0.5, 0.6) is 5.75 Å². The van der Waals surface area contributed by atoms with Crippen LogP contribution in [-0.4, -0.2) is 24.8 Å². The van der Waals surface area contributed by atoms with E-state index >= 15 is 0 Å². The lowest BCUT2D eigenvalue weighted by Crippen LogP contribution is -2.46. The molecule has 4 N–H and O–H groups in total. The summed E-state index contributed by atoms with van der Waals surface area (Å²) in [4.78, 5) is 24.7. The Kier molecular flexibility index (Phi) is 8.34. The summed E-state index contributed by atoms with van der Waals surface area (Å²) in [7, 11) is 0.